The predicted octanol–water partition coefficient (Wildman–Crippen LogP) is 5.34. The maximum absolute atomic E-state index is 14.7. The minimum atomic E-state index is -3.04. The van der Waals surface area contributed by atoms with E-state index in [0.717, 1.165) is 28.9 Å². The van der Waals surface area contributed by atoms with Crippen LogP contribution in [0.3, 0.4) is 0 Å². The van der Waals surface area contributed by atoms with Crippen LogP contribution in [0.25, 0.3) is 11.3 Å². The van der Waals surface area contributed by atoms with E-state index >= 15 is 0 Å². The van der Waals surface area contributed by atoms with Crippen LogP contribution in [0.4, 0.5) is 22.7 Å². The first-order valence-corrected chi connectivity index (χ1v) is 9.95. The summed E-state index contributed by atoms with van der Waals surface area (Å²) in [5.41, 5.74) is 0.953. The first kappa shape index (κ1) is 21.0. The number of hydrogen-bond acceptors (Lipinski definition) is 5. The Morgan fingerprint density at radius 2 is 2.00 bits per heavy atom. The van der Waals surface area contributed by atoms with E-state index in [1.165, 1.54) is 6.07 Å². The van der Waals surface area contributed by atoms with E-state index in [0.29, 0.717) is 16.9 Å². The van der Waals surface area contributed by atoms with Gasteiger partial charge in [-0.25, -0.2) is 28.0 Å². The summed E-state index contributed by atoms with van der Waals surface area (Å²) in [6.45, 7) is 1.78. The van der Waals surface area contributed by atoms with E-state index in [2.05, 4.69) is 10.1 Å². The zero-order valence-corrected chi connectivity index (χ0v) is 16.8. The second-order valence-electron chi connectivity index (χ2n) is 7.04. The summed E-state index contributed by atoms with van der Waals surface area (Å²) >= 11 is 0.568. The van der Waals surface area contributed by atoms with Gasteiger partial charge in [-0.1, -0.05) is 35.6 Å². The monoisotopic (exact) mass is 449 g/mol. The Labute approximate surface area is 178 Å². The summed E-state index contributed by atoms with van der Waals surface area (Å²) in [4.78, 5) is 15.6. The SMILES string of the molecule is Cc1ccccc1-c1nc(N(/N=C/c2ccc(F)cc2C(=O)O)C2CC2(F)F)sc1F. The highest BCUT2D eigenvalue weighted by molar-refractivity contribution is 7.14. The lowest BCUT2D eigenvalue weighted by atomic mass is 10.1. The molecule has 1 aromatic heterocycles. The molecule has 160 valence electrons. The third-order valence-corrected chi connectivity index (χ3v) is 5.66. The van der Waals surface area contributed by atoms with Gasteiger partial charge in [0, 0.05) is 17.5 Å². The van der Waals surface area contributed by atoms with Gasteiger partial charge < -0.3 is 5.11 Å². The van der Waals surface area contributed by atoms with Crippen molar-refractivity contribution in [1.29, 1.82) is 0 Å². The number of benzene rings is 2. The molecule has 1 fully saturated rings. The topological polar surface area (TPSA) is 65.8 Å². The summed E-state index contributed by atoms with van der Waals surface area (Å²) in [5, 5.41) is 13.4. The molecule has 0 aliphatic heterocycles. The quantitative estimate of drug-likeness (QED) is 0.313. The Hall–Kier alpha value is -3.27. The van der Waals surface area contributed by atoms with Crippen molar-refractivity contribution in [3.05, 3.63) is 70.1 Å². The number of alkyl halides is 2. The van der Waals surface area contributed by atoms with Gasteiger partial charge in [0.2, 0.25) is 10.3 Å². The molecule has 2 aromatic carbocycles. The number of hydrogen-bond donors (Lipinski definition) is 1. The molecule has 31 heavy (non-hydrogen) atoms. The molecule has 1 N–H and O–H groups in total. The van der Waals surface area contributed by atoms with Gasteiger partial charge in [-0.2, -0.15) is 9.49 Å². The van der Waals surface area contributed by atoms with Crippen molar-refractivity contribution in [2.45, 2.75) is 25.3 Å². The van der Waals surface area contributed by atoms with Crippen molar-refractivity contribution in [2.24, 2.45) is 5.10 Å². The number of nitrogens with zero attached hydrogens (tertiary/aromatic N) is 3. The molecule has 0 bridgehead atoms. The Morgan fingerprint density at radius 1 is 1.29 bits per heavy atom. The van der Waals surface area contributed by atoms with Gasteiger partial charge >= 0.3 is 5.97 Å². The van der Waals surface area contributed by atoms with Crippen LogP contribution in [0.5, 0.6) is 0 Å². The summed E-state index contributed by atoms with van der Waals surface area (Å²) in [6, 6.07) is 8.62. The zero-order valence-electron chi connectivity index (χ0n) is 16.0. The molecule has 1 atom stereocenters. The van der Waals surface area contributed by atoms with E-state index < -0.39 is 35.3 Å². The molecule has 1 unspecified atom stereocenters. The van der Waals surface area contributed by atoms with Crippen molar-refractivity contribution in [1.82, 2.24) is 4.98 Å². The maximum Gasteiger partial charge on any atom is 0.336 e. The Bertz CT molecular complexity index is 1200. The maximum atomic E-state index is 14.7. The molecule has 1 saturated carbocycles. The van der Waals surface area contributed by atoms with Crippen LogP contribution in [0.2, 0.25) is 0 Å². The fraction of sp³-hybridized carbons (Fsp3) is 0.190. The van der Waals surface area contributed by atoms with Crippen molar-refractivity contribution in [2.75, 3.05) is 5.01 Å². The number of aromatic nitrogens is 1. The molecule has 0 saturated heterocycles. The standard InChI is InChI=1S/C21H15F4N3O2S/c1-11-4-2-3-5-14(11)17-18(23)31-20(27-17)28(16-9-21(16,24)25)26-10-12-6-7-13(22)8-15(12)19(29)30/h2-8,10,16H,9H2,1H3,(H,29,30)/b26-10+. The Morgan fingerprint density at radius 3 is 2.65 bits per heavy atom. The number of carboxylic acids is 1. The van der Waals surface area contributed by atoms with Crippen LogP contribution in [0, 0.1) is 17.9 Å². The Balaban J connectivity index is 1.73. The fourth-order valence-corrected chi connectivity index (χ4v) is 3.89. The number of thiazole rings is 1. The average molecular weight is 449 g/mol. The van der Waals surface area contributed by atoms with Crippen molar-refractivity contribution < 1.29 is 27.5 Å². The lowest BCUT2D eigenvalue weighted by Gasteiger charge is -2.15. The molecule has 1 aliphatic carbocycles. The highest BCUT2D eigenvalue weighted by Gasteiger charge is 2.61. The van der Waals surface area contributed by atoms with E-state index in [1.54, 1.807) is 31.2 Å². The molecule has 1 aliphatic rings. The number of hydrazone groups is 1. The smallest absolute Gasteiger partial charge is 0.336 e. The second kappa shape index (κ2) is 7.77. The van der Waals surface area contributed by atoms with Crippen molar-refractivity contribution in [3.63, 3.8) is 0 Å². The van der Waals surface area contributed by atoms with Crippen LogP contribution in [-0.2, 0) is 0 Å². The van der Waals surface area contributed by atoms with Crippen LogP contribution in [-0.4, -0.2) is 34.2 Å². The van der Waals surface area contributed by atoms with E-state index in [1.807, 2.05) is 0 Å². The number of halogens is 4. The van der Waals surface area contributed by atoms with Gasteiger partial charge in [0.25, 0.3) is 5.92 Å². The number of rotatable bonds is 6. The van der Waals surface area contributed by atoms with Gasteiger partial charge in [0.15, 0.2) is 0 Å². The van der Waals surface area contributed by atoms with Crippen LogP contribution in [0.15, 0.2) is 47.6 Å². The molecule has 5 nitrogen and oxygen atoms in total. The number of anilines is 1. The average Bonchev–Trinajstić information content (AvgIpc) is 3.16. The minimum absolute atomic E-state index is 0.0130. The fourth-order valence-electron chi connectivity index (χ4n) is 3.07. The Kier molecular flexibility index (Phi) is 5.26. The lowest BCUT2D eigenvalue weighted by Crippen LogP contribution is -2.24. The molecular weight excluding hydrogens is 434 g/mol. The first-order chi connectivity index (χ1) is 14.7. The minimum Gasteiger partial charge on any atom is -0.478 e. The second-order valence-corrected chi connectivity index (χ2v) is 7.97. The van der Waals surface area contributed by atoms with E-state index in [-0.39, 0.29) is 22.0 Å². The van der Waals surface area contributed by atoms with Gasteiger partial charge in [0.1, 0.15) is 17.6 Å². The van der Waals surface area contributed by atoms with Gasteiger partial charge in [-0.3, -0.25) is 0 Å². The summed E-state index contributed by atoms with van der Waals surface area (Å²) in [7, 11) is 0. The zero-order chi connectivity index (χ0) is 22.3. The summed E-state index contributed by atoms with van der Waals surface area (Å²) in [5.74, 6) is -5.20. The van der Waals surface area contributed by atoms with Crippen molar-refractivity contribution in [3.8, 4) is 11.3 Å². The van der Waals surface area contributed by atoms with Crippen LogP contribution >= 0.6 is 11.3 Å². The lowest BCUT2D eigenvalue weighted by molar-refractivity contribution is 0.0696. The largest absolute Gasteiger partial charge is 0.478 e. The molecule has 10 heteroatoms. The molecule has 0 spiro atoms. The summed E-state index contributed by atoms with van der Waals surface area (Å²) in [6.07, 6.45) is 0.532. The first-order valence-electron chi connectivity index (χ1n) is 9.13. The normalized spacial score (nSPS) is 17.1. The highest BCUT2D eigenvalue weighted by atomic mass is 32.1. The van der Waals surface area contributed by atoms with Gasteiger partial charge in [-0.15, -0.1) is 0 Å². The third-order valence-electron chi connectivity index (χ3n) is 4.83. The molecule has 0 amide bonds. The molecular formula is C21H15F4N3O2S. The third kappa shape index (κ3) is 4.15. The molecule has 3 aromatic rings. The number of carbonyl (C=O) groups is 1. The van der Waals surface area contributed by atoms with Crippen LogP contribution < -0.4 is 5.01 Å². The van der Waals surface area contributed by atoms with Crippen molar-refractivity contribution >= 4 is 28.7 Å². The number of aryl methyl sites for hydroxylation is 1. The van der Waals surface area contributed by atoms with Crippen LogP contribution in [0.1, 0.15) is 27.9 Å². The van der Waals surface area contributed by atoms with Gasteiger partial charge in [-0.05, 0) is 30.7 Å². The predicted molar refractivity (Wildman–Crippen MR) is 109 cm³/mol. The number of carboxylic acid groups (broad SMARTS) is 1. The van der Waals surface area contributed by atoms with Gasteiger partial charge in [0.05, 0.1) is 11.8 Å². The number of aromatic carboxylic acids is 1. The summed E-state index contributed by atoms with van der Waals surface area (Å²) < 4.78 is 55.7. The van der Waals surface area contributed by atoms with E-state index in [4.69, 9.17) is 0 Å². The molecule has 4 rings (SSSR count). The highest BCUT2D eigenvalue weighted by Crippen LogP contribution is 2.48. The van der Waals surface area contributed by atoms with E-state index in [9.17, 15) is 27.5 Å². The molecule has 0 radical (unpaired) electrons. The molecule has 1 heterocycles.